The molecule has 0 bridgehead atoms. The van der Waals surface area contributed by atoms with Crippen molar-refractivity contribution in [1.29, 1.82) is 0 Å². The first kappa shape index (κ1) is 13.3. The topological polar surface area (TPSA) is 27.6 Å². The van der Waals surface area contributed by atoms with Gasteiger partial charge in [-0.05, 0) is 31.6 Å². The second-order valence-electron chi connectivity index (χ2n) is 5.61. The summed E-state index contributed by atoms with van der Waals surface area (Å²) < 4.78 is 0. The van der Waals surface area contributed by atoms with Gasteiger partial charge in [-0.25, -0.2) is 4.99 Å². The fourth-order valence-electron chi connectivity index (χ4n) is 3.37. The van der Waals surface area contributed by atoms with Crippen LogP contribution < -0.4 is 5.32 Å². The SMILES string of the molecule is C#CCN=C(NCC)N1CCC2(CCCCC2)C1. The minimum Gasteiger partial charge on any atom is -0.356 e. The summed E-state index contributed by atoms with van der Waals surface area (Å²) >= 11 is 0. The number of terminal acetylenes is 1. The molecule has 1 aliphatic heterocycles. The molecule has 18 heavy (non-hydrogen) atoms. The van der Waals surface area contributed by atoms with Gasteiger partial charge in [-0.15, -0.1) is 6.42 Å². The Hall–Kier alpha value is -1.17. The van der Waals surface area contributed by atoms with Crippen molar-refractivity contribution in [1.82, 2.24) is 10.2 Å². The van der Waals surface area contributed by atoms with E-state index in [2.05, 4.69) is 28.1 Å². The molecule has 2 rings (SSSR count). The van der Waals surface area contributed by atoms with Crippen LogP contribution in [0.1, 0.15) is 45.4 Å². The highest BCUT2D eigenvalue weighted by molar-refractivity contribution is 5.80. The fraction of sp³-hybridized carbons (Fsp3) is 0.800. The van der Waals surface area contributed by atoms with Crippen LogP contribution in [0.15, 0.2) is 4.99 Å². The summed E-state index contributed by atoms with van der Waals surface area (Å²) in [5, 5.41) is 3.36. The molecule has 1 N–H and O–H groups in total. The highest BCUT2D eigenvalue weighted by atomic mass is 15.3. The van der Waals surface area contributed by atoms with Crippen LogP contribution in [0.5, 0.6) is 0 Å². The molecule has 0 aromatic heterocycles. The van der Waals surface area contributed by atoms with Crippen LogP contribution in [0.3, 0.4) is 0 Å². The molecule has 0 amide bonds. The van der Waals surface area contributed by atoms with Gasteiger partial charge in [-0.1, -0.05) is 25.2 Å². The summed E-state index contributed by atoms with van der Waals surface area (Å²) in [6, 6.07) is 0. The third-order valence-electron chi connectivity index (χ3n) is 4.31. The lowest BCUT2D eigenvalue weighted by Crippen LogP contribution is -2.41. The van der Waals surface area contributed by atoms with Crippen molar-refractivity contribution in [3.8, 4) is 12.3 Å². The molecule has 0 aromatic rings. The molecular weight excluding hydrogens is 222 g/mol. The highest BCUT2D eigenvalue weighted by Gasteiger charge is 2.39. The summed E-state index contributed by atoms with van der Waals surface area (Å²) in [7, 11) is 0. The van der Waals surface area contributed by atoms with Crippen LogP contribution in [0, 0.1) is 17.8 Å². The van der Waals surface area contributed by atoms with E-state index in [9.17, 15) is 0 Å². The van der Waals surface area contributed by atoms with Crippen molar-refractivity contribution in [2.75, 3.05) is 26.2 Å². The average molecular weight is 247 g/mol. The van der Waals surface area contributed by atoms with Gasteiger partial charge >= 0.3 is 0 Å². The molecular formula is C15H25N3. The van der Waals surface area contributed by atoms with Crippen molar-refractivity contribution in [2.24, 2.45) is 10.4 Å². The molecule has 1 heterocycles. The number of aliphatic imine (C=N–C) groups is 1. The zero-order chi connectivity index (χ0) is 12.8. The zero-order valence-corrected chi connectivity index (χ0v) is 11.5. The predicted molar refractivity (Wildman–Crippen MR) is 76.5 cm³/mol. The Morgan fingerprint density at radius 3 is 2.78 bits per heavy atom. The number of rotatable bonds is 2. The van der Waals surface area contributed by atoms with Gasteiger partial charge in [0, 0.05) is 19.6 Å². The zero-order valence-electron chi connectivity index (χ0n) is 11.5. The van der Waals surface area contributed by atoms with Gasteiger partial charge in [0.15, 0.2) is 5.96 Å². The second kappa shape index (κ2) is 6.13. The van der Waals surface area contributed by atoms with Gasteiger partial charge in [0.25, 0.3) is 0 Å². The Kier molecular flexibility index (Phi) is 4.52. The number of nitrogens with zero attached hydrogens (tertiary/aromatic N) is 2. The Bertz CT molecular complexity index is 334. The number of guanidine groups is 1. The number of nitrogens with one attached hydrogen (secondary N) is 1. The monoisotopic (exact) mass is 247 g/mol. The van der Waals surface area contributed by atoms with Crippen molar-refractivity contribution in [3.05, 3.63) is 0 Å². The van der Waals surface area contributed by atoms with Crippen molar-refractivity contribution in [3.63, 3.8) is 0 Å². The summed E-state index contributed by atoms with van der Waals surface area (Å²) in [6.45, 7) is 5.80. The predicted octanol–water partition coefficient (Wildman–Crippen LogP) is 2.24. The minimum atomic E-state index is 0.478. The van der Waals surface area contributed by atoms with E-state index in [1.807, 2.05) is 0 Å². The molecule has 2 fully saturated rings. The first-order valence-electron chi connectivity index (χ1n) is 7.26. The van der Waals surface area contributed by atoms with E-state index < -0.39 is 0 Å². The van der Waals surface area contributed by atoms with Crippen LogP contribution in [0.2, 0.25) is 0 Å². The smallest absolute Gasteiger partial charge is 0.194 e. The van der Waals surface area contributed by atoms with Gasteiger partial charge in [0.1, 0.15) is 6.54 Å². The Morgan fingerprint density at radius 2 is 2.11 bits per heavy atom. The first-order valence-corrected chi connectivity index (χ1v) is 7.26. The first-order chi connectivity index (χ1) is 8.79. The Labute approximate surface area is 111 Å². The molecule has 1 spiro atoms. The standard InChI is InChI=1S/C15H25N3/c1-3-11-17-14(16-4-2)18-12-10-15(13-18)8-6-5-7-9-15/h1H,4-13H2,2H3,(H,16,17). The van der Waals surface area contributed by atoms with E-state index in [1.165, 1.54) is 45.1 Å². The molecule has 2 aliphatic rings. The van der Waals surface area contributed by atoms with E-state index in [0.29, 0.717) is 12.0 Å². The molecule has 3 heteroatoms. The molecule has 1 saturated carbocycles. The van der Waals surface area contributed by atoms with Gasteiger partial charge in [-0.2, -0.15) is 0 Å². The normalized spacial score (nSPS) is 23.1. The molecule has 100 valence electrons. The van der Waals surface area contributed by atoms with Crippen LogP contribution >= 0.6 is 0 Å². The van der Waals surface area contributed by atoms with E-state index >= 15 is 0 Å². The fourth-order valence-corrected chi connectivity index (χ4v) is 3.37. The van der Waals surface area contributed by atoms with Crippen molar-refractivity contribution < 1.29 is 0 Å². The van der Waals surface area contributed by atoms with Gasteiger partial charge < -0.3 is 10.2 Å². The van der Waals surface area contributed by atoms with Gasteiger partial charge in [0.05, 0.1) is 0 Å². The summed E-state index contributed by atoms with van der Waals surface area (Å²) in [6.07, 6.45) is 13.7. The van der Waals surface area contributed by atoms with E-state index in [-0.39, 0.29) is 0 Å². The van der Waals surface area contributed by atoms with Gasteiger partial charge in [-0.3, -0.25) is 0 Å². The molecule has 0 radical (unpaired) electrons. The third-order valence-corrected chi connectivity index (χ3v) is 4.31. The highest BCUT2D eigenvalue weighted by Crippen LogP contribution is 2.43. The molecule has 1 aliphatic carbocycles. The van der Waals surface area contributed by atoms with E-state index in [0.717, 1.165) is 19.0 Å². The third kappa shape index (κ3) is 2.98. The summed E-state index contributed by atoms with van der Waals surface area (Å²) in [5.41, 5.74) is 0.574. The summed E-state index contributed by atoms with van der Waals surface area (Å²) in [4.78, 5) is 6.90. The lowest BCUT2D eigenvalue weighted by molar-refractivity contribution is 0.203. The molecule has 0 aromatic carbocycles. The molecule has 1 saturated heterocycles. The van der Waals surface area contributed by atoms with Crippen LogP contribution in [0.25, 0.3) is 0 Å². The quantitative estimate of drug-likeness (QED) is 0.460. The van der Waals surface area contributed by atoms with E-state index in [4.69, 9.17) is 6.42 Å². The maximum absolute atomic E-state index is 5.30. The van der Waals surface area contributed by atoms with Crippen molar-refractivity contribution in [2.45, 2.75) is 45.4 Å². The van der Waals surface area contributed by atoms with Crippen LogP contribution in [0.4, 0.5) is 0 Å². The van der Waals surface area contributed by atoms with Crippen LogP contribution in [-0.2, 0) is 0 Å². The minimum absolute atomic E-state index is 0.478. The summed E-state index contributed by atoms with van der Waals surface area (Å²) in [5.74, 6) is 3.61. The lowest BCUT2D eigenvalue weighted by atomic mass is 9.73. The lowest BCUT2D eigenvalue weighted by Gasteiger charge is -2.33. The Morgan fingerprint density at radius 1 is 1.33 bits per heavy atom. The number of likely N-dealkylation sites (tertiary alicyclic amines) is 1. The maximum atomic E-state index is 5.30. The number of hydrogen-bond acceptors (Lipinski definition) is 1. The molecule has 0 atom stereocenters. The Balaban J connectivity index is 1.99. The average Bonchev–Trinajstić information content (AvgIpc) is 2.79. The van der Waals surface area contributed by atoms with Crippen LogP contribution in [-0.4, -0.2) is 37.0 Å². The number of hydrogen-bond donors (Lipinski definition) is 1. The molecule has 0 unspecified atom stereocenters. The second-order valence-corrected chi connectivity index (χ2v) is 5.61. The van der Waals surface area contributed by atoms with Gasteiger partial charge in [0.2, 0.25) is 0 Å². The van der Waals surface area contributed by atoms with E-state index in [1.54, 1.807) is 0 Å². The maximum Gasteiger partial charge on any atom is 0.194 e. The van der Waals surface area contributed by atoms with Crippen molar-refractivity contribution >= 4 is 5.96 Å². The molecule has 3 nitrogen and oxygen atoms in total. The largest absolute Gasteiger partial charge is 0.356 e.